The van der Waals surface area contributed by atoms with Crippen LogP contribution in [-0.2, 0) is 0 Å². The smallest absolute Gasteiger partial charge is 0.166 e. The lowest BCUT2D eigenvalue weighted by atomic mass is 10.0. The van der Waals surface area contributed by atoms with Gasteiger partial charge in [0.1, 0.15) is 0 Å². The molecule has 1 aromatic rings. The van der Waals surface area contributed by atoms with Crippen LogP contribution in [0.5, 0.6) is 0 Å². The molecule has 4 heteroatoms. The first-order chi connectivity index (χ1) is 8.81. The summed E-state index contributed by atoms with van der Waals surface area (Å²) in [5, 5.41) is 7.50. The molecule has 2 N–H and O–H groups in total. The Labute approximate surface area is 119 Å². The number of fused-ring (bicyclic) bond motifs is 1. The molecule has 0 radical (unpaired) electrons. The van der Waals surface area contributed by atoms with Crippen molar-refractivity contribution in [1.82, 2.24) is 10.6 Å². The molecule has 98 valence electrons. The maximum absolute atomic E-state index is 5.35. The molecule has 0 aliphatic carbocycles. The van der Waals surface area contributed by atoms with Crippen molar-refractivity contribution in [3.05, 3.63) is 29.8 Å². The Morgan fingerprint density at radius 1 is 1.44 bits per heavy atom. The van der Waals surface area contributed by atoms with Crippen LogP contribution in [0, 0.1) is 0 Å². The minimum Gasteiger partial charge on any atom is -0.363 e. The summed E-state index contributed by atoms with van der Waals surface area (Å²) in [5.74, 6) is 1.16. The van der Waals surface area contributed by atoms with Crippen LogP contribution in [0.25, 0.3) is 0 Å². The second-order valence-electron chi connectivity index (χ2n) is 4.48. The molecule has 2 nitrogen and oxygen atoms in total. The van der Waals surface area contributed by atoms with Crippen LogP contribution in [0.4, 0.5) is 0 Å². The summed E-state index contributed by atoms with van der Waals surface area (Å²) in [6, 6.07) is 8.97. The van der Waals surface area contributed by atoms with Gasteiger partial charge in [0.25, 0.3) is 0 Å². The Hall–Kier alpha value is -0.740. The summed E-state index contributed by atoms with van der Waals surface area (Å²) in [5.41, 5.74) is 1.38. The van der Waals surface area contributed by atoms with Gasteiger partial charge in [0, 0.05) is 17.2 Å². The summed E-state index contributed by atoms with van der Waals surface area (Å²) >= 11 is 7.29. The van der Waals surface area contributed by atoms with Gasteiger partial charge in [-0.3, -0.25) is 0 Å². The van der Waals surface area contributed by atoms with Crippen LogP contribution in [0.3, 0.4) is 0 Å². The van der Waals surface area contributed by atoms with Crippen LogP contribution in [0.1, 0.15) is 37.8 Å². The zero-order valence-corrected chi connectivity index (χ0v) is 12.4. The molecule has 0 unspecified atom stereocenters. The average molecular weight is 280 g/mol. The minimum atomic E-state index is 0.365. The molecule has 0 spiro atoms. The van der Waals surface area contributed by atoms with E-state index in [2.05, 4.69) is 41.8 Å². The van der Waals surface area contributed by atoms with Gasteiger partial charge in [-0.1, -0.05) is 31.5 Å². The van der Waals surface area contributed by atoms with Gasteiger partial charge in [0.2, 0.25) is 0 Å². The van der Waals surface area contributed by atoms with Crippen LogP contribution >= 0.6 is 24.0 Å². The van der Waals surface area contributed by atoms with Gasteiger partial charge < -0.3 is 10.6 Å². The van der Waals surface area contributed by atoms with Crippen LogP contribution in [-0.4, -0.2) is 17.4 Å². The highest BCUT2D eigenvalue weighted by Crippen LogP contribution is 2.35. The number of rotatable bonds is 4. The molecular weight excluding hydrogens is 260 g/mol. The van der Waals surface area contributed by atoms with Crippen molar-refractivity contribution in [2.24, 2.45) is 0 Å². The topological polar surface area (TPSA) is 24.1 Å². The van der Waals surface area contributed by atoms with Crippen LogP contribution < -0.4 is 10.6 Å². The number of hydrogen-bond acceptors (Lipinski definition) is 2. The van der Waals surface area contributed by atoms with Gasteiger partial charge in [-0.2, -0.15) is 0 Å². The zero-order chi connectivity index (χ0) is 12.8. The normalized spacial score (nSPS) is 17.9. The third-order valence-corrected chi connectivity index (χ3v) is 4.46. The first-order valence-corrected chi connectivity index (χ1v) is 7.96. The molecule has 2 rings (SSSR count). The van der Waals surface area contributed by atoms with Crippen molar-refractivity contribution in [3.63, 3.8) is 0 Å². The minimum absolute atomic E-state index is 0.365. The number of benzene rings is 1. The molecule has 1 aromatic carbocycles. The molecule has 1 heterocycles. The molecule has 18 heavy (non-hydrogen) atoms. The SMILES string of the molecule is CCCCNC(=S)N[C@@H]1CCSc2ccccc21. The molecule has 0 amide bonds. The lowest BCUT2D eigenvalue weighted by Gasteiger charge is -2.27. The van der Waals surface area contributed by atoms with E-state index in [1.165, 1.54) is 23.3 Å². The van der Waals surface area contributed by atoms with Crippen molar-refractivity contribution in [1.29, 1.82) is 0 Å². The van der Waals surface area contributed by atoms with Gasteiger partial charge in [-0.25, -0.2) is 0 Å². The molecule has 0 aromatic heterocycles. The van der Waals surface area contributed by atoms with Gasteiger partial charge in [-0.05, 0) is 36.7 Å². The van der Waals surface area contributed by atoms with Crippen molar-refractivity contribution < 1.29 is 0 Å². The van der Waals surface area contributed by atoms with E-state index in [0.717, 1.165) is 23.8 Å². The van der Waals surface area contributed by atoms with E-state index in [4.69, 9.17) is 12.2 Å². The predicted octanol–water partition coefficient (Wildman–Crippen LogP) is 3.49. The monoisotopic (exact) mass is 280 g/mol. The number of nitrogens with one attached hydrogen (secondary N) is 2. The highest BCUT2D eigenvalue weighted by Gasteiger charge is 2.20. The first-order valence-electron chi connectivity index (χ1n) is 6.57. The van der Waals surface area contributed by atoms with Crippen LogP contribution in [0.15, 0.2) is 29.2 Å². The van der Waals surface area contributed by atoms with Crippen molar-refractivity contribution in [3.8, 4) is 0 Å². The van der Waals surface area contributed by atoms with Gasteiger partial charge in [0.05, 0.1) is 6.04 Å². The Balaban J connectivity index is 1.92. The highest BCUT2D eigenvalue weighted by molar-refractivity contribution is 7.99. The lowest BCUT2D eigenvalue weighted by Crippen LogP contribution is -2.39. The number of unbranched alkanes of at least 4 members (excludes halogenated alkanes) is 1. The second-order valence-corrected chi connectivity index (χ2v) is 6.03. The second kappa shape index (κ2) is 7.00. The standard InChI is InChI=1S/C14H20N2S2/c1-2-3-9-15-14(17)16-12-8-10-18-13-7-5-4-6-11(12)13/h4-7,12H,2-3,8-10H2,1H3,(H2,15,16,17)/t12-/m1/s1. The summed E-state index contributed by atoms with van der Waals surface area (Å²) < 4.78 is 0. The third kappa shape index (κ3) is 3.62. The summed E-state index contributed by atoms with van der Waals surface area (Å²) in [7, 11) is 0. The lowest BCUT2D eigenvalue weighted by molar-refractivity contribution is 0.600. The Bertz CT molecular complexity index is 407. The third-order valence-electron chi connectivity index (χ3n) is 3.08. The molecule has 0 fully saturated rings. The summed E-state index contributed by atoms with van der Waals surface area (Å²) in [6.45, 7) is 3.15. The van der Waals surface area contributed by atoms with E-state index in [9.17, 15) is 0 Å². The summed E-state index contributed by atoms with van der Waals surface area (Å²) in [4.78, 5) is 1.39. The maximum atomic E-state index is 5.35. The van der Waals surface area contributed by atoms with Crippen molar-refractivity contribution in [2.45, 2.75) is 37.1 Å². The summed E-state index contributed by atoms with van der Waals surface area (Å²) in [6.07, 6.45) is 3.49. The molecule has 1 atom stereocenters. The average Bonchev–Trinajstić information content (AvgIpc) is 2.39. The fourth-order valence-electron chi connectivity index (χ4n) is 2.08. The highest BCUT2D eigenvalue weighted by atomic mass is 32.2. The van der Waals surface area contributed by atoms with E-state index < -0.39 is 0 Å². The van der Waals surface area contributed by atoms with E-state index >= 15 is 0 Å². The van der Waals surface area contributed by atoms with Gasteiger partial charge >= 0.3 is 0 Å². The Kier molecular flexibility index (Phi) is 5.32. The molecule has 0 saturated heterocycles. The maximum Gasteiger partial charge on any atom is 0.166 e. The van der Waals surface area contributed by atoms with Crippen LogP contribution in [0.2, 0.25) is 0 Å². The Morgan fingerprint density at radius 3 is 3.11 bits per heavy atom. The first kappa shape index (κ1) is 13.7. The van der Waals surface area contributed by atoms with Gasteiger partial charge in [0.15, 0.2) is 5.11 Å². The molecule has 1 aliphatic heterocycles. The van der Waals surface area contributed by atoms with E-state index in [0.29, 0.717) is 6.04 Å². The molecule has 0 bridgehead atoms. The van der Waals surface area contributed by atoms with Gasteiger partial charge in [-0.15, -0.1) is 11.8 Å². The zero-order valence-electron chi connectivity index (χ0n) is 10.7. The molecule has 1 aliphatic rings. The fraction of sp³-hybridized carbons (Fsp3) is 0.500. The molecular formula is C14H20N2S2. The molecule has 0 saturated carbocycles. The number of thioether (sulfide) groups is 1. The van der Waals surface area contributed by atoms with E-state index in [1.54, 1.807) is 0 Å². The number of thiocarbonyl (C=S) groups is 1. The fourth-order valence-corrected chi connectivity index (χ4v) is 3.45. The number of hydrogen-bond donors (Lipinski definition) is 2. The van der Waals surface area contributed by atoms with Crippen molar-refractivity contribution in [2.75, 3.05) is 12.3 Å². The van der Waals surface area contributed by atoms with E-state index in [-0.39, 0.29) is 0 Å². The largest absolute Gasteiger partial charge is 0.363 e. The van der Waals surface area contributed by atoms with E-state index in [1.807, 2.05) is 11.8 Å². The predicted molar refractivity (Wildman–Crippen MR) is 83.2 cm³/mol. The van der Waals surface area contributed by atoms with Crippen molar-refractivity contribution >= 4 is 29.1 Å². The quantitative estimate of drug-likeness (QED) is 0.651. The Morgan fingerprint density at radius 2 is 2.28 bits per heavy atom.